The molecule has 0 atom stereocenters. The molecule has 0 fully saturated rings. The number of nitrogens with zero attached hydrogens (tertiary/aromatic N) is 2. The van der Waals surface area contributed by atoms with Gasteiger partial charge in [0.05, 0.1) is 12.7 Å². The van der Waals surface area contributed by atoms with Gasteiger partial charge in [-0.25, -0.2) is 9.78 Å². The molecule has 3 rings (SSSR count). The second kappa shape index (κ2) is 8.11. The van der Waals surface area contributed by atoms with Crippen molar-refractivity contribution in [1.29, 1.82) is 0 Å². The third kappa shape index (κ3) is 4.57. The van der Waals surface area contributed by atoms with E-state index in [1.165, 1.54) is 12.7 Å². The summed E-state index contributed by atoms with van der Waals surface area (Å²) in [6, 6.07) is 17.1. The lowest BCUT2D eigenvalue weighted by Gasteiger charge is -2.09. The van der Waals surface area contributed by atoms with Crippen LogP contribution in [-0.2, 0) is 11.3 Å². The molecule has 0 bridgehead atoms. The summed E-state index contributed by atoms with van der Waals surface area (Å²) in [5, 5.41) is 6.38. The van der Waals surface area contributed by atoms with Gasteiger partial charge in [0.15, 0.2) is 0 Å². The molecule has 132 valence electrons. The van der Waals surface area contributed by atoms with E-state index < -0.39 is 0 Å². The van der Waals surface area contributed by atoms with Crippen molar-refractivity contribution in [1.82, 2.24) is 9.97 Å². The standard InChI is InChI=1S/C20H20N4O2/c1-14-6-8-15(9-7-14)13-22-20-21-11-10-18(24-20)23-17-5-3-4-16(12-17)19(25)26-2/h3-12H,13H2,1-2H3,(H2,21,22,23,24). The summed E-state index contributed by atoms with van der Waals surface area (Å²) >= 11 is 0. The summed E-state index contributed by atoms with van der Waals surface area (Å²) in [6.45, 7) is 2.70. The fraction of sp³-hybridized carbons (Fsp3) is 0.150. The van der Waals surface area contributed by atoms with E-state index in [1.54, 1.807) is 30.5 Å². The molecule has 0 aliphatic heterocycles. The lowest BCUT2D eigenvalue weighted by Crippen LogP contribution is -2.05. The summed E-state index contributed by atoms with van der Waals surface area (Å²) in [7, 11) is 1.36. The van der Waals surface area contributed by atoms with Crippen LogP contribution < -0.4 is 10.6 Å². The SMILES string of the molecule is COC(=O)c1cccc(Nc2ccnc(NCc3ccc(C)cc3)n2)c1. The number of benzene rings is 2. The molecule has 0 amide bonds. The number of rotatable bonds is 6. The molecule has 6 heteroatoms. The zero-order valence-corrected chi connectivity index (χ0v) is 14.7. The highest BCUT2D eigenvalue weighted by molar-refractivity contribution is 5.90. The lowest BCUT2D eigenvalue weighted by atomic mass is 10.1. The number of hydrogen-bond acceptors (Lipinski definition) is 6. The maximum absolute atomic E-state index is 11.6. The summed E-state index contributed by atoms with van der Waals surface area (Å²) in [5.74, 6) is 0.782. The molecule has 1 aromatic heterocycles. The Morgan fingerprint density at radius 1 is 1.12 bits per heavy atom. The van der Waals surface area contributed by atoms with Crippen molar-refractivity contribution in [2.75, 3.05) is 17.7 Å². The van der Waals surface area contributed by atoms with E-state index >= 15 is 0 Å². The van der Waals surface area contributed by atoms with Gasteiger partial charge >= 0.3 is 5.97 Å². The summed E-state index contributed by atoms with van der Waals surface area (Å²) in [5.41, 5.74) is 3.61. The number of hydrogen-bond donors (Lipinski definition) is 2. The van der Waals surface area contributed by atoms with Crippen LogP contribution in [0.2, 0.25) is 0 Å². The van der Waals surface area contributed by atoms with Crippen molar-refractivity contribution in [3.63, 3.8) is 0 Å². The van der Waals surface area contributed by atoms with Gasteiger partial charge < -0.3 is 15.4 Å². The van der Waals surface area contributed by atoms with E-state index in [9.17, 15) is 4.79 Å². The third-order valence-corrected chi connectivity index (χ3v) is 3.78. The fourth-order valence-electron chi connectivity index (χ4n) is 2.39. The van der Waals surface area contributed by atoms with Gasteiger partial charge in [0.25, 0.3) is 0 Å². The molecule has 0 aliphatic carbocycles. The molecule has 0 saturated carbocycles. The summed E-state index contributed by atoms with van der Waals surface area (Å²) in [4.78, 5) is 20.3. The minimum atomic E-state index is -0.378. The average molecular weight is 348 g/mol. The number of methoxy groups -OCH3 is 1. The Kier molecular flexibility index (Phi) is 5.43. The van der Waals surface area contributed by atoms with Gasteiger partial charge in [-0.2, -0.15) is 4.98 Å². The topological polar surface area (TPSA) is 76.1 Å². The predicted molar refractivity (Wildman–Crippen MR) is 102 cm³/mol. The highest BCUT2D eigenvalue weighted by Gasteiger charge is 2.06. The van der Waals surface area contributed by atoms with Crippen LogP contribution in [0.1, 0.15) is 21.5 Å². The molecule has 0 saturated heterocycles. The van der Waals surface area contributed by atoms with Gasteiger partial charge in [-0.1, -0.05) is 35.9 Å². The minimum Gasteiger partial charge on any atom is -0.465 e. The van der Waals surface area contributed by atoms with Gasteiger partial charge in [0, 0.05) is 18.4 Å². The van der Waals surface area contributed by atoms with Crippen molar-refractivity contribution in [3.8, 4) is 0 Å². The fourth-order valence-corrected chi connectivity index (χ4v) is 2.39. The smallest absolute Gasteiger partial charge is 0.337 e. The van der Waals surface area contributed by atoms with E-state index in [0.717, 1.165) is 11.3 Å². The first-order chi connectivity index (χ1) is 12.6. The minimum absolute atomic E-state index is 0.378. The second-order valence-electron chi connectivity index (χ2n) is 5.80. The number of carbonyl (C=O) groups excluding carboxylic acids is 1. The van der Waals surface area contributed by atoms with E-state index in [1.807, 2.05) is 6.07 Å². The van der Waals surface area contributed by atoms with E-state index in [2.05, 4.69) is 51.8 Å². The van der Waals surface area contributed by atoms with Crippen molar-refractivity contribution < 1.29 is 9.53 Å². The zero-order chi connectivity index (χ0) is 18.4. The highest BCUT2D eigenvalue weighted by Crippen LogP contribution is 2.17. The molecular weight excluding hydrogens is 328 g/mol. The van der Waals surface area contributed by atoms with Crippen molar-refractivity contribution >= 4 is 23.4 Å². The second-order valence-corrected chi connectivity index (χ2v) is 5.80. The van der Waals surface area contributed by atoms with Crippen molar-refractivity contribution in [3.05, 3.63) is 77.5 Å². The quantitative estimate of drug-likeness (QED) is 0.658. The van der Waals surface area contributed by atoms with Gasteiger partial charge in [-0.05, 0) is 36.8 Å². The molecular formula is C20H20N4O2. The summed E-state index contributed by atoms with van der Waals surface area (Å²) < 4.78 is 4.74. The number of ether oxygens (including phenoxy) is 1. The van der Waals surface area contributed by atoms with Crippen LogP contribution in [0.3, 0.4) is 0 Å². The summed E-state index contributed by atoms with van der Waals surface area (Å²) in [6.07, 6.45) is 1.68. The van der Waals surface area contributed by atoms with Gasteiger partial charge in [0.1, 0.15) is 5.82 Å². The molecule has 2 aromatic carbocycles. The van der Waals surface area contributed by atoms with Crippen LogP contribution >= 0.6 is 0 Å². The van der Waals surface area contributed by atoms with Crippen LogP contribution in [0.5, 0.6) is 0 Å². The molecule has 0 spiro atoms. The Hall–Kier alpha value is -3.41. The third-order valence-electron chi connectivity index (χ3n) is 3.78. The first-order valence-corrected chi connectivity index (χ1v) is 8.22. The molecule has 0 unspecified atom stereocenters. The molecule has 0 radical (unpaired) electrons. The van der Waals surface area contributed by atoms with Crippen LogP contribution in [0.25, 0.3) is 0 Å². The Balaban J connectivity index is 1.67. The molecule has 6 nitrogen and oxygen atoms in total. The molecule has 1 heterocycles. The first-order valence-electron chi connectivity index (χ1n) is 8.22. The van der Waals surface area contributed by atoms with Gasteiger partial charge in [-0.3, -0.25) is 0 Å². The number of esters is 1. The number of anilines is 3. The Morgan fingerprint density at radius 2 is 1.92 bits per heavy atom. The van der Waals surface area contributed by atoms with Gasteiger partial charge in [-0.15, -0.1) is 0 Å². The maximum Gasteiger partial charge on any atom is 0.337 e. The van der Waals surface area contributed by atoms with E-state index in [4.69, 9.17) is 4.74 Å². The highest BCUT2D eigenvalue weighted by atomic mass is 16.5. The first kappa shape index (κ1) is 17.4. The Labute approximate surface area is 152 Å². The number of aromatic nitrogens is 2. The largest absolute Gasteiger partial charge is 0.465 e. The Bertz CT molecular complexity index is 894. The van der Waals surface area contributed by atoms with Crippen molar-refractivity contribution in [2.24, 2.45) is 0 Å². The Morgan fingerprint density at radius 3 is 2.69 bits per heavy atom. The van der Waals surface area contributed by atoms with Crippen molar-refractivity contribution in [2.45, 2.75) is 13.5 Å². The van der Waals surface area contributed by atoms with Crippen LogP contribution in [0, 0.1) is 6.92 Å². The average Bonchev–Trinajstić information content (AvgIpc) is 2.67. The van der Waals surface area contributed by atoms with Crippen LogP contribution in [0.15, 0.2) is 60.8 Å². The van der Waals surface area contributed by atoms with Crippen LogP contribution in [-0.4, -0.2) is 23.0 Å². The van der Waals surface area contributed by atoms with E-state index in [0.29, 0.717) is 23.9 Å². The monoisotopic (exact) mass is 348 g/mol. The molecule has 2 N–H and O–H groups in total. The maximum atomic E-state index is 11.6. The molecule has 0 aliphatic rings. The predicted octanol–water partition coefficient (Wildman–Crippen LogP) is 3.93. The molecule has 3 aromatic rings. The number of nitrogens with one attached hydrogen (secondary N) is 2. The zero-order valence-electron chi connectivity index (χ0n) is 14.7. The van der Waals surface area contributed by atoms with Crippen LogP contribution in [0.4, 0.5) is 17.5 Å². The number of aryl methyl sites for hydroxylation is 1. The van der Waals surface area contributed by atoms with Gasteiger partial charge in [0.2, 0.25) is 5.95 Å². The lowest BCUT2D eigenvalue weighted by molar-refractivity contribution is 0.0601. The molecule has 26 heavy (non-hydrogen) atoms. The normalized spacial score (nSPS) is 10.2. The van der Waals surface area contributed by atoms with E-state index in [-0.39, 0.29) is 5.97 Å². The number of carbonyl (C=O) groups is 1.